The largest absolute Gasteiger partial charge is 0.373 e. The summed E-state index contributed by atoms with van der Waals surface area (Å²) in [6, 6.07) is 9.35. The second kappa shape index (κ2) is 8.18. The third kappa shape index (κ3) is 4.08. The van der Waals surface area contributed by atoms with E-state index in [-0.39, 0.29) is 18.1 Å². The summed E-state index contributed by atoms with van der Waals surface area (Å²) in [5, 5.41) is 11.2. The van der Waals surface area contributed by atoms with Crippen LogP contribution in [0.4, 0.5) is 0 Å². The lowest BCUT2D eigenvalue weighted by Crippen LogP contribution is -2.51. The first-order valence-electron chi connectivity index (χ1n) is 9.68. The molecular weight excluding hydrogens is 368 g/mol. The molecule has 1 aliphatic heterocycles. The van der Waals surface area contributed by atoms with Crippen LogP contribution >= 0.6 is 0 Å². The zero-order valence-corrected chi connectivity index (χ0v) is 16.9. The monoisotopic (exact) mass is 394 g/mol. The zero-order valence-electron chi connectivity index (χ0n) is 16.9. The minimum Gasteiger partial charge on any atom is -0.373 e. The molecule has 1 saturated heterocycles. The Bertz CT molecular complexity index is 948. The molecule has 1 aliphatic rings. The van der Waals surface area contributed by atoms with Gasteiger partial charge in [0.25, 0.3) is 5.91 Å². The van der Waals surface area contributed by atoms with Gasteiger partial charge in [0.2, 0.25) is 0 Å². The number of carbonyl (C=O) groups excluding carboxylic acids is 1. The number of H-pyrrole nitrogens is 1. The van der Waals surface area contributed by atoms with Gasteiger partial charge >= 0.3 is 0 Å². The summed E-state index contributed by atoms with van der Waals surface area (Å²) in [7, 11) is 5.91. The van der Waals surface area contributed by atoms with E-state index in [0.29, 0.717) is 18.7 Å². The molecule has 29 heavy (non-hydrogen) atoms. The van der Waals surface area contributed by atoms with Crippen molar-refractivity contribution in [1.82, 2.24) is 29.8 Å². The van der Waals surface area contributed by atoms with E-state index in [1.807, 2.05) is 68.8 Å². The zero-order chi connectivity index (χ0) is 20.4. The van der Waals surface area contributed by atoms with Gasteiger partial charge in [-0.15, -0.1) is 0 Å². The van der Waals surface area contributed by atoms with E-state index in [0.717, 1.165) is 23.4 Å². The number of aromatic amines is 1. The fraction of sp³-hybridized carbons (Fsp3) is 0.381. The number of rotatable bonds is 5. The Balaban J connectivity index is 1.62. The third-order valence-corrected chi connectivity index (χ3v) is 5.17. The van der Waals surface area contributed by atoms with E-state index < -0.39 is 0 Å². The number of nitrogens with zero attached hydrogens (tertiary/aromatic N) is 5. The molecule has 8 nitrogen and oxygen atoms in total. The van der Waals surface area contributed by atoms with E-state index in [4.69, 9.17) is 4.74 Å². The predicted octanol–water partition coefficient (Wildman–Crippen LogP) is 1.95. The maximum atomic E-state index is 13.4. The van der Waals surface area contributed by atoms with Crippen molar-refractivity contribution in [2.75, 3.05) is 33.8 Å². The van der Waals surface area contributed by atoms with Crippen molar-refractivity contribution >= 4 is 5.91 Å². The highest BCUT2D eigenvalue weighted by atomic mass is 16.5. The van der Waals surface area contributed by atoms with Crippen LogP contribution in [0.25, 0.3) is 11.3 Å². The van der Waals surface area contributed by atoms with Crippen LogP contribution in [0, 0.1) is 0 Å². The Hall–Kier alpha value is -2.97. The smallest absolute Gasteiger partial charge is 0.254 e. The highest BCUT2D eigenvalue weighted by Gasteiger charge is 2.37. The maximum absolute atomic E-state index is 13.4. The quantitative estimate of drug-likeness (QED) is 0.716. The van der Waals surface area contributed by atoms with Gasteiger partial charge in [-0.1, -0.05) is 12.1 Å². The molecule has 2 aromatic heterocycles. The topological polar surface area (TPSA) is 79.3 Å². The van der Waals surface area contributed by atoms with E-state index in [1.54, 1.807) is 10.9 Å². The fourth-order valence-corrected chi connectivity index (χ4v) is 3.84. The first-order chi connectivity index (χ1) is 14.0. The molecule has 3 aromatic rings. The number of likely N-dealkylation sites (N-methyl/N-ethyl adjacent to an activating group) is 1. The van der Waals surface area contributed by atoms with E-state index >= 15 is 0 Å². The average molecular weight is 394 g/mol. The molecule has 8 heteroatoms. The van der Waals surface area contributed by atoms with E-state index in [9.17, 15) is 4.79 Å². The summed E-state index contributed by atoms with van der Waals surface area (Å²) in [6.07, 6.45) is 5.38. The maximum Gasteiger partial charge on any atom is 0.254 e. The number of aromatic nitrogens is 4. The van der Waals surface area contributed by atoms with Gasteiger partial charge in [-0.2, -0.15) is 10.2 Å². The lowest BCUT2D eigenvalue weighted by Gasteiger charge is -2.41. The highest BCUT2D eigenvalue weighted by molar-refractivity contribution is 5.95. The summed E-state index contributed by atoms with van der Waals surface area (Å²) < 4.78 is 7.83. The lowest BCUT2D eigenvalue weighted by molar-refractivity contribution is -0.0684. The number of nitrogens with one attached hydrogen (secondary N) is 1. The first kappa shape index (κ1) is 19.4. The Morgan fingerprint density at radius 2 is 2.07 bits per heavy atom. The summed E-state index contributed by atoms with van der Waals surface area (Å²) in [6.45, 7) is 1.79. The molecule has 0 radical (unpaired) electrons. The van der Waals surface area contributed by atoms with Crippen LogP contribution in [0.2, 0.25) is 0 Å². The molecule has 1 aromatic carbocycles. The van der Waals surface area contributed by atoms with Gasteiger partial charge in [0.05, 0.1) is 30.6 Å². The van der Waals surface area contributed by atoms with Gasteiger partial charge in [0.15, 0.2) is 0 Å². The molecular formula is C21H26N6O2. The molecule has 0 spiro atoms. The second-order valence-corrected chi connectivity index (χ2v) is 7.61. The van der Waals surface area contributed by atoms with Gasteiger partial charge < -0.3 is 14.5 Å². The number of carbonyl (C=O) groups is 1. The molecule has 0 saturated carbocycles. The van der Waals surface area contributed by atoms with Crippen LogP contribution in [0.15, 0.2) is 48.9 Å². The van der Waals surface area contributed by atoms with E-state index in [2.05, 4.69) is 20.2 Å². The highest BCUT2D eigenvalue weighted by Crippen LogP contribution is 2.31. The van der Waals surface area contributed by atoms with Gasteiger partial charge in [-0.3, -0.25) is 14.6 Å². The molecule has 0 aliphatic carbocycles. The first-order valence-corrected chi connectivity index (χ1v) is 9.68. The molecule has 2 atom stereocenters. The molecule has 4 rings (SSSR count). The number of amides is 1. The number of morpholine rings is 1. The number of aryl methyl sites for hydroxylation is 1. The Labute approximate surface area is 170 Å². The summed E-state index contributed by atoms with van der Waals surface area (Å²) in [5.74, 6) is 0.00192. The predicted molar refractivity (Wildman–Crippen MR) is 109 cm³/mol. The number of ether oxygens (including phenoxy) is 1. The van der Waals surface area contributed by atoms with Crippen molar-refractivity contribution < 1.29 is 9.53 Å². The molecule has 3 heterocycles. The molecule has 1 N–H and O–H groups in total. The molecule has 1 fully saturated rings. The molecule has 0 bridgehead atoms. The Kier molecular flexibility index (Phi) is 5.46. The standard InChI is InChI=1S/C21H26N6O2/c1-25(2)14-19-20(17-12-23-26(3)13-17)27(10-11-29-19)21(28)16-6-4-15(5-7-16)18-8-9-22-24-18/h4-9,12-13,19-20H,10-11,14H2,1-3H3,(H,22,24)/t19-,20-/m0/s1. The average Bonchev–Trinajstić information content (AvgIpc) is 3.39. The van der Waals surface area contributed by atoms with Crippen molar-refractivity contribution in [3.05, 3.63) is 60.0 Å². The number of benzene rings is 1. The summed E-state index contributed by atoms with van der Waals surface area (Å²) in [4.78, 5) is 17.4. The number of hydrogen-bond donors (Lipinski definition) is 1. The van der Waals surface area contributed by atoms with Crippen LogP contribution < -0.4 is 0 Å². The summed E-state index contributed by atoms with van der Waals surface area (Å²) in [5.41, 5.74) is 3.57. The fourth-order valence-electron chi connectivity index (χ4n) is 3.84. The molecule has 152 valence electrons. The van der Waals surface area contributed by atoms with Crippen LogP contribution in [0.3, 0.4) is 0 Å². The van der Waals surface area contributed by atoms with Crippen molar-refractivity contribution in [3.8, 4) is 11.3 Å². The minimum absolute atomic E-state index is 0.00192. The Morgan fingerprint density at radius 3 is 2.69 bits per heavy atom. The minimum atomic E-state index is -0.181. The van der Waals surface area contributed by atoms with Gasteiger partial charge in [-0.25, -0.2) is 0 Å². The lowest BCUT2D eigenvalue weighted by atomic mass is 9.99. The van der Waals surface area contributed by atoms with Crippen LogP contribution in [0.1, 0.15) is 22.0 Å². The van der Waals surface area contributed by atoms with Crippen molar-refractivity contribution in [2.45, 2.75) is 12.1 Å². The van der Waals surface area contributed by atoms with Crippen molar-refractivity contribution in [1.29, 1.82) is 0 Å². The van der Waals surface area contributed by atoms with Crippen LogP contribution in [0.5, 0.6) is 0 Å². The van der Waals surface area contributed by atoms with Crippen LogP contribution in [-0.4, -0.2) is 75.6 Å². The Morgan fingerprint density at radius 1 is 1.28 bits per heavy atom. The van der Waals surface area contributed by atoms with Gasteiger partial charge in [0, 0.05) is 43.7 Å². The van der Waals surface area contributed by atoms with E-state index in [1.165, 1.54) is 0 Å². The molecule has 1 amide bonds. The number of hydrogen-bond acceptors (Lipinski definition) is 5. The van der Waals surface area contributed by atoms with Crippen LogP contribution in [-0.2, 0) is 11.8 Å². The van der Waals surface area contributed by atoms with Crippen molar-refractivity contribution in [2.24, 2.45) is 7.05 Å². The third-order valence-electron chi connectivity index (χ3n) is 5.17. The normalized spacial score (nSPS) is 19.7. The summed E-state index contributed by atoms with van der Waals surface area (Å²) >= 11 is 0. The van der Waals surface area contributed by atoms with Crippen molar-refractivity contribution in [3.63, 3.8) is 0 Å². The SMILES string of the molecule is CN(C)C[C@@H]1OCCN(C(=O)c2ccc(-c3ccn[nH]3)cc2)[C@H]1c1cnn(C)c1. The second-order valence-electron chi connectivity index (χ2n) is 7.61. The van der Waals surface area contributed by atoms with Gasteiger partial charge in [-0.05, 0) is 37.9 Å². The van der Waals surface area contributed by atoms with Gasteiger partial charge in [0.1, 0.15) is 0 Å². The molecule has 0 unspecified atom stereocenters.